The molecule has 0 radical (unpaired) electrons. The van der Waals surface area contributed by atoms with Crippen LogP contribution in [0.15, 0.2) is 30.5 Å². The first-order valence-corrected chi connectivity index (χ1v) is 3.78. The smallest absolute Gasteiger partial charge is 0.337 e. The molecular weight excluding hydrogens is 168 g/mol. The number of aromatic carboxylic acids is 1. The molecule has 0 amide bonds. The Bertz CT molecular complexity index is 473. The van der Waals surface area contributed by atoms with Gasteiger partial charge in [0.15, 0.2) is 0 Å². The van der Waals surface area contributed by atoms with Crippen molar-refractivity contribution in [3.8, 4) is 0 Å². The van der Waals surface area contributed by atoms with E-state index in [1.54, 1.807) is 18.2 Å². The van der Waals surface area contributed by atoms with Crippen molar-refractivity contribution in [3.05, 3.63) is 36.0 Å². The Labute approximate surface area is 74.2 Å². The molecule has 0 fully saturated rings. The van der Waals surface area contributed by atoms with Gasteiger partial charge in [0.05, 0.1) is 11.1 Å². The van der Waals surface area contributed by atoms with Crippen LogP contribution in [-0.4, -0.2) is 15.8 Å². The molecule has 0 saturated carbocycles. The molecule has 13 heavy (non-hydrogen) atoms. The Kier molecular flexibility index (Phi) is 1.48. The van der Waals surface area contributed by atoms with Crippen molar-refractivity contribution in [1.82, 2.24) is 4.68 Å². The zero-order chi connectivity index (χ0) is 9.42. The summed E-state index contributed by atoms with van der Waals surface area (Å²) < 4.78 is 1.32. The zero-order valence-electron chi connectivity index (χ0n) is 6.77. The van der Waals surface area contributed by atoms with Gasteiger partial charge < -0.3 is 10.9 Å². The standard InChI is InChI=1S/C9H8N2O2/c10-11-5-7(9(12)13)6-3-1-2-4-8(6)11/h1-5H,10H2,(H,12,13). The van der Waals surface area contributed by atoms with Gasteiger partial charge in [-0.3, -0.25) is 4.68 Å². The van der Waals surface area contributed by atoms with E-state index >= 15 is 0 Å². The first kappa shape index (κ1) is 7.67. The molecule has 0 atom stereocenters. The summed E-state index contributed by atoms with van der Waals surface area (Å²) in [5.74, 6) is 4.61. The fourth-order valence-corrected chi connectivity index (χ4v) is 1.38. The van der Waals surface area contributed by atoms with Gasteiger partial charge in [0.2, 0.25) is 0 Å². The van der Waals surface area contributed by atoms with Crippen LogP contribution in [0.4, 0.5) is 0 Å². The zero-order valence-corrected chi connectivity index (χ0v) is 6.77. The van der Waals surface area contributed by atoms with Gasteiger partial charge in [-0.15, -0.1) is 0 Å². The van der Waals surface area contributed by atoms with Crippen molar-refractivity contribution < 1.29 is 9.90 Å². The molecule has 4 heteroatoms. The molecule has 1 aromatic heterocycles. The Morgan fingerprint density at radius 2 is 2.08 bits per heavy atom. The van der Waals surface area contributed by atoms with Gasteiger partial charge in [0, 0.05) is 11.6 Å². The third kappa shape index (κ3) is 1.03. The van der Waals surface area contributed by atoms with E-state index in [-0.39, 0.29) is 5.56 Å². The predicted molar refractivity (Wildman–Crippen MR) is 49.0 cm³/mol. The van der Waals surface area contributed by atoms with Crippen molar-refractivity contribution in [1.29, 1.82) is 0 Å². The summed E-state index contributed by atoms with van der Waals surface area (Å²) in [5.41, 5.74) is 0.956. The lowest BCUT2D eigenvalue weighted by Crippen LogP contribution is -2.05. The van der Waals surface area contributed by atoms with E-state index in [1.165, 1.54) is 10.9 Å². The van der Waals surface area contributed by atoms with Crippen LogP contribution in [0.5, 0.6) is 0 Å². The Morgan fingerprint density at radius 1 is 1.38 bits per heavy atom. The number of nitrogen functional groups attached to an aromatic ring is 1. The monoisotopic (exact) mass is 176 g/mol. The Balaban J connectivity index is 2.85. The summed E-state index contributed by atoms with van der Waals surface area (Å²) in [6.07, 6.45) is 1.41. The number of para-hydroxylation sites is 1. The average molecular weight is 176 g/mol. The van der Waals surface area contributed by atoms with Crippen LogP contribution in [0.2, 0.25) is 0 Å². The average Bonchev–Trinajstić information content (AvgIpc) is 2.45. The minimum absolute atomic E-state index is 0.234. The fourth-order valence-electron chi connectivity index (χ4n) is 1.38. The molecule has 1 heterocycles. The third-order valence-corrected chi connectivity index (χ3v) is 1.97. The maximum Gasteiger partial charge on any atom is 0.337 e. The number of nitrogens with zero attached hydrogens (tertiary/aromatic N) is 1. The number of aromatic nitrogens is 1. The highest BCUT2D eigenvalue weighted by Crippen LogP contribution is 2.18. The molecular formula is C9H8N2O2. The van der Waals surface area contributed by atoms with Crippen LogP contribution in [0.25, 0.3) is 10.9 Å². The largest absolute Gasteiger partial charge is 0.478 e. The van der Waals surface area contributed by atoms with Crippen molar-refractivity contribution >= 4 is 16.9 Å². The van der Waals surface area contributed by atoms with Gasteiger partial charge in [0.25, 0.3) is 0 Å². The number of carbonyl (C=O) groups is 1. The van der Waals surface area contributed by atoms with E-state index in [0.29, 0.717) is 5.39 Å². The number of benzene rings is 1. The first-order valence-electron chi connectivity index (χ1n) is 3.78. The van der Waals surface area contributed by atoms with Gasteiger partial charge in [0.1, 0.15) is 0 Å². The normalized spacial score (nSPS) is 10.5. The number of nitrogens with two attached hydrogens (primary N) is 1. The van der Waals surface area contributed by atoms with Crippen molar-refractivity contribution in [2.45, 2.75) is 0 Å². The maximum absolute atomic E-state index is 10.8. The number of carboxylic acid groups (broad SMARTS) is 1. The second-order valence-corrected chi connectivity index (χ2v) is 2.77. The van der Waals surface area contributed by atoms with Gasteiger partial charge in [-0.25, -0.2) is 4.79 Å². The number of carboxylic acids is 1. The van der Waals surface area contributed by atoms with Crippen LogP contribution in [-0.2, 0) is 0 Å². The summed E-state index contributed by atoms with van der Waals surface area (Å²) in [6.45, 7) is 0. The highest BCUT2D eigenvalue weighted by molar-refractivity contribution is 6.03. The maximum atomic E-state index is 10.8. The molecule has 2 aromatic rings. The van der Waals surface area contributed by atoms with Gasteiger partial charge >= 0.3 is 5.97 Å². The lowest BCUT2D eigenvalue weighted by atomic mass is 10.2. The number of hydrogen-bond acceptors (Lipinski definition) is 2. The molecule has 0 aliphatic heterocycles. The Hall–Kier alpha value is -1.97. The summed E-state index contributed by atoms with van der Waals surface area (Å²) >= 11 is 0. The molecule has 0 aliphatic rings. The van der Waals surface area contributed by atoms with E-state index < -0.39 is 5.97 Å². The van der Waals surface area contributed by atoms with E-state index in [2.05, 4.69) is 0 Å². The van der Waals surface area contributed by atoms with E-state index in [1.807, 2.05) is 6.07 Å². The second-order valence-electron chi connectivity index (χ2n) is 2.77. The molecule has 0 spiro atoms. The number of rotatable bonds is 1. The Morgan fingerprint density at radius 3 is 2.77 bits per heavy atom. The van der Waals surface area contributed by atoms with Crippen LogP contribution in [0.1, 0.15) is 10.4 Å². The number of fused-ring (bicyclic) bond motifs is 1. The predicted octanol–water partition coefficient (Wildman–Crippen LogP) is 1.05. The van der Waals surface area contributed by atoms with Gasteiger partial charge in [-0.2, -0.15) is 0 Å². The molecule has 4 nitrogen and oxygen atoms in total. The van der Waals surface area contributed by atoms with Crippen LogP contribution < -0.4 is 5.84 Å². The van der Waals surface area contributed by atoms with E-state index in [4.69, 9.17) is 10.9 Å². The summed E-state index contributed by atoms with van der Waals surface area (Å²) in [6, 6.07) is 7.12. The lowest BCUT2D eigenvalue weighted by Gasteiger charge is -1.92. The quantitative estimate of drug-likeness (QED) is 0.638. The van der Waals surface area contributed by atoms with Crippen LogP contribution in [0.3, 0.4) is 0 Å². The van der Waals surface area contributed by atoms with Crippen LogP contribution >= 0.6 is 0 Å². The highest BCUT2D eigenvalue weighted by atomic mass is 16.4. The molecule has 2 rings (SSSR count). The second kappa shape index (κ2) is 2.52. The van der Waals surface area contributed by atoms with Gasteiger partial charge in [-0.1, -0.05) is 18.2 Å². The van der Waals surface area contributed by atoms with Crippen molar-refractivity contribution in [3.63, 3.8) is 0 Å². The number of hydrogen-bond donors (Lipinski definition) is 2. The molecule has 66 valence electrons. The summed E-state index contributed by atoms with van der Waals surface area (Å²) in [4.78, 5) is 10.8. The van der Waals surface area contributed by atoms with E-state index in [9.17, 15) is 4.79 Å². The van der Waals surface area contributed by atoms with Crippen LogP contribution in [0, 0.1) is 0 Å². The lowest BCUT2D eigenvalue weighted by molar-refractivity contribution is 0.0699. The van der Waals surface area contributed by atoms with Crippen molar-refractivity contribution in [2.24, 2.45) is 0 Å². The first-order chi connectivity index (χ1) is 6.20. The topological polar surface area (TPSA) is 68.2 Å². The molecule has 1 aromatic carbocycles. The summed E-state index contributed by atoms with van der Waals surface area (Å²) in [7, 11) is 0. The molecule has 0 saturated heterocycles. The highest BCUT2D eigenvalue weighted by Gasteiger charge is 2.11. The fraction of sp³-hybridized carbons (Fsp3) is 0. The molecule has 0 unspecified atom stereocenters. The van der Waals surface area contributed by atoms with E-state index in [0.717, 1.165) is 5.52 Å². The minimum Gasteiger partial charge on any atom is -0.478 e. The molecule has 0 aliphatic carbocycles. The van der Waals surface area contributed by atoms with Gasteiger partial charge in [-0.05, 0) is 6.07 Å². The third-order valence-electron chi connectivity index (χ3n) is 1.97. The summed E-state index contributed by atoms with van der Waals surface area (Å²) in [5, 5.41) is 9.49. The SMILES string of the molecule is Nn1cc(C(=O)O)c2ccccc21. The van der Waals surface area contributed by atoms with Crippen molar-refractivity contribution in [2.75, 3.05) is 5.84 Å². The minimum atomic E-state index is -0.958. The molecule has 3 N–H and O–H groups in total. The molecule has 0 bridgehead atoms.